The lowest BCUT2D eigenvalue weighted by molar-refractivity contribution is -0.146. The fraction of sp³-hybridized carbons (Fsp3) is 0.444. The molecule has 2 N–H and O–H groups in total. The number of carbonyl (C=O) groups is 4. The molecule has 0 atom stereocenters. The summed E-state index contributed by atoms with van der Waals surface area (Å²) >= 11 is 0. The van der Waals surface area contributed by atoms with Crippen LogP contribution in [0, 0.1) is 0 Å². The number of azo groups is 1. The van der Waals surface area contributed by atoms with Gasteiger partial charge in [0.05, 0.1) is 36.1 Å². The van der Waals surface area contributed by atoms with Gasteiger partial charge in [-0.05, 0) is 158 Å². The molecule has 8 bridgehead atoms. The number of carbonyl (C=O) groups excluding carboxylic acids is 4. The van der Waals surface area contributed by atoms with Gasteiger partial charge in [0.25, 0.3) is 15.9 Å². The van der Waals surface area contributed by atoms with Crippen molar-refractivity contribution in [3.63, 3.8) is 0 Å². The van der Waals surface area contributed by atoms with Crippen LogP contribution in [-0.4, -0.2) is 92.6 Å². The summed E-state index contributed by atoms with van der Waals surface area (Å²) < 4.78 is 70.8. The number of hydrogen-bond donors (Lipinski definition) is 2. The Morgan fingerprint density at radius 1 is 0.429 bits per heavy atom. The molecule has 0 fully saturated rings. The number of amides is 1. The van der Waals surface area contributed by atoms with Crippen molar-refractivity contribution in [1.29, 1.82) is 0 Å². The Labute approximate surface area is 537 Å². The van der Waals surface area contributed by atoms with Crippen molar-refractivity contribution >= 4 is 50.9 Å². The Balaban J connectivity index is 1.45. The SMILES string of the molecule is CCOC(=O)COc1c2cc(C(C)(C)C)cc1Cc1cc(C(C)(C)C)cc(c1OCC(=O)OCC)Cc1cc(C(C)(C)C)cc(c1OCC(=O)OCC)Cc1cc(C(C)(C)C)cc(c1OCC(=O)NNS(=O)(=O)c1ccc(N=Nc3ccc(N(C)C)cc3)cc1)C2. The predicted molar refractivity (Wildman–Crippen MR) is 354 cm³/mol. The second-order valence-electron chi connectivity index (χ2n) is 27.0. The molecular weight excluding hydrogens is 1170 g/mol. The molecular formula is C72H91N5O13S. The van der Waals surface area contributed by atoms with E-state index in [9.17, 15) is 27.6 Å². The fourth-order valence-corrected chi connectivity index (χ4v) is 11.2. The first-order valence-corrected chi connectivity index (χ1v) is 32.4. The van der Waals surface area contributed by atoms with Gasteiger partial charge >= 0.3 is 17.9 Å². The van der Waals surface area contributed by atoms with E-state index in [0.29, 0.717) is 67.8 Å². The van der Waals surface area contributed by atoms with E-state index in [1.54, 1.807) is 20.8 Å². The Kier molecular flexibility index (Phi) is 22.6. The largest absolute Gasteiger partial charge is 0.483 e. The summed E-state index contributed by atoms with van der Waals surface area (Å²) in [5.74, 6) is -0.913. The molecule has 6 aromatic rings. The van der Waals surface area contributed by atoms with Crippen LogP contribution in [0.4, 0.5) is 17.1 Å². The van der Waals surface area contributed by atoms with E-state index < -0.39 is 81.9 Å². The van der Waals surface area contributed by atoms with Crippen LogP contribution in [0.25, 0.3) is 0 Å². The number of fused-ring (bicyclic) bond motifs is 8. The summed E-state index contributed by atoms with van der Waals surface area (Å²) in [5.41, 5.74) is 11.9. The van der Waals surface area contributed by atoms with E-state index in [4.69, 9.17) is 33.2 Å². The van der Waals surface area contributed by atoms with E-state index in [0.717, 1.165) is 39.1 Å². The monoisotopic (exact) mass is 1270 g/mol. The number of hydrazine groups is 1. The number of nitrogens with zero attached hydrogens (tertiary/aromatic N) is 3. The number of sulfonamides is 1. The number of nitrogens with one attached hydrogen (secondary N) is 2. The minimum atomic E-state index is -4.32. The van der Waals surface area contributed by atoms with Gasteiger partial charge in [0, 0.05) is 45.5 Å². The number of benzene rings is 6. The number of rotatable bonds is 21. The van der Waals surface area contributed by atoms with Gasteiger partial charge in [0.1, 0.15) is 23.0 Å². The molecule has 0 saturated carbocycles. The van der Waals surface area contributed by atoms with Crippen LogP contribution in [0.2, 0.25) is 0 Å². The third-order valence-electron chi connectivity index (χ3n) is 15.3. The Hall–Kier alpha value is -8.29. The average molecular weight is 1270 g/mol. The van der Waals surface area contributed by atoms with Crippen LogP contribution < -0.4 is 34.1 Å². The topological polar surface area (TPSA) is 219 Å². The molecule has 0 saturated heterocycles. The first-order valence-electron chi connectivity index (χ1n) is 30.9. The number of hydrogen-bond acceptors (Lipinski definition) is 16. The van der Waals surface area contributed by atoms with E-state index in [2.05, 4.69) is 140 Å². The highest BCUT2D eigenvalue weighted by Crippen LogP contribution is 2.45. The zero-order valence-electron chi connectivity index (χ0n) is 56.1. The molecule has 0 unspecified atom stereocenters. The van der Waals surface area contributed by atoms with Crippen molar-refractivity contribution in [1.82, 2.24) is 10.3 Å². The smallest absolute Gasteiger partial charge is 0.344 e. The van der Waals surface area contributed by atoms with Gasteiger partial charge in [-0.3, -0.25) is 10.2 Å². The van der Waals surface area contributed by atoms with E-state index in [-0.39, 0.29) is 50.4 Å². The zero-order valence-corrected chi connectivity index (χ0v) is 56.9. The quantitative estimate of drug-likeness (QED) is 0.0296. The van der Waals surface area contributed by atoms with Crippen LogP contribution in [-0.2, 0) is 90.8 Å². The standard InChI is InChI=1S/C72H91N5O13S/c1-18-84-62(79)42-88-66-47-29-45-33-53(69(4,5)6)34-46(65(45)87-41-61(78)75-76-91(82,83)60-27-23-58(24-28-60)74-73-57-21-25-59(26-22-57)77(16)17)30-48-36-55(71(10,11)12)38-50(67(48)89-43-63(80)85-19-2)32-52-40-56(72(13,14)15)39-51(68(52)90-44-64(81)86-20-3)31-49(66)37-54(35-47)70(7,8)9/h21-28,33-40,76H,18-20,29-32,41-44H2,1-17H3,(H,75,78). The maximum atomic E-state index is 14.2. The third-order valence-corrected chi connectivity index (χ3v) is 16.6. The van der Waals surface area contributed by atoms with E-state index in [1.807, 2.05) is 55.4 Å². The lowest BCUT2D eigenvalue weighted by Gasteiger charge is -2.29. The molecule has 91 heavy (non-hydrogen) atoms. The lowest BCUT2D eigenvalue weighted by atomic mass is 9.79. The second-order valence-corrected chi connectivity index (χ2v) is 28.7. The Bertz CT molecular complexity index is 3620. The lowest BCUT2D eigenvalue weighted by Crippen LogP contribution is -2.43. The van der Waals surface area contributed by atoms with Gasteiger partial charge in [0.2, 0.25) is 0 Å². The van der Waals surface area contributed by atoms with Crippen molar-refractivity contribution in [2.75, 3.05) is 65.2 Å². The fourth-order valence-electron chi connectivity index (χ4n) is 10.3. The van der Waals surface area contributed by atoms with Crippen molar-refractivity contribution in [3.8, 4) is 23.0 Å². The average Bonchev–Trinajstić information content (AvgIpc) is 0.778. The van der Waals surface area contributed by atoms with Crippen molar-refractivity contribution < 1.29 is 60.8 Å². The van der Waals surface area contributed by atoms with Crippen molar-refractivity contribution in [3.05, 3.63) is 164 Å². The van der Waals surface area contributed by atoms with Crippen molar-refractivity contribution in [2.24, 2.45) is 10.2 Å². The summed E-state index contributed by atoms with van der Waals surface area (Å²) in [6, 6.07) is 29.8. The number of esters is 3. The molecule has 488 valence electrons. The van der Waals surface area contributed by atoms with Crippen LogP contribution >= 0.6 is 0 Å². The maximum absolute atomic E-state index is 14.2. The van der Waals surface area contributed by atoms with Gasteiger partial charge in [-0.25, -0.2) is 22.8 Å². The maximum Gasteiger partial charge on any atom is 0.344 e. The molecule has 6 aromatic carbocycles. The molecule has 0 heterocycles. The van der Waals surface area contributed by atoms with Gasteiger partial charge in [0.15, 0.2) is 26.4 Å². The van der Waals surface area contributed by atoms with E-state index >= 15 is 0 Å². The van der Waals surface area contributed by atoms with Gasteiger partial charge in [-0.15, -0.1) is 4.83 Å². The number of anilines is 1. The predicted octanol–water partition coefficient (Wildman–Crippen LogP) is 13.2. The molecule has 0 radical (unpaired) electrons. The molecule has 1 aliphatic rings. The molecule has 0 aliphatic heterocycles. The van der Waals surface area contributed by atoms with Gasteiger partial charge in [-0.2, -0.15) is 10.2 Å². The van der Waals surface area contributed by atoms with Gasteiger partial charge < -0.3 is 38.1 Å². The summed E-state index contributed by atoms with van der Waals surface area (Å²) in [7, 11) is -0.434. The molecule has 0 aromatic heterocycles. The molecule has 0 spiro atoms. The molecule has 1 aliphatic carbocycles. The molecule has 19 heteroatoms. The Morgan fingerprint density at radius 3 is 0.945 bits per heavy atom. The van der Waals surface area contributed by atoms with E-state index in [1.165, 1.54) is 24.3 Å². The van der Waals surface area contributed by atoms with Gasteiger partial charge in [-0.1, -0.05) is 132 Å². The second kappa shape index (κ2) is 29.3. The minimum absolute atomic E-state index is 0.132. The summed E-state index contributed by atoms with van der Waals surface area (Å²) in [6.45, 7) is 29.1. The van der Waals surface area contributed by atoms with Crippen LogP contribution in [0.1, 0.15) is 171 Å². The minimum Gasteiger partial charge on any atom is -0.483 e. The first kappa shape index (κ1) is 70.2. The number of ether oxygens (including phenoxy) is 7. The molecule has 18 nitrogen and oxygen atoms in total. The van der Waals surface area contributed by atoms with Crippen LogP contribution in [0.5, 0.6) is 23.0 Å². The first-order chi connectivity index (χ1) is 42.7. The normalized spacial score (nSPS) is 12.8. The van der Waals surface area contributed by atoms with Crippen LogP contribution in [0.3, 0.4) is 0 Å². The highest BCUT2D eigenvalue weighted by Gasteiger charge is 2.31. The molecule has 7 rings (SSSR count). The molecule has 1 amide bonds. The summed E-state index contributed by atoms with van der Waals surface area (Å²) in [6.07, 6.45) is 0.649. The highest BCUT2D eigenvalue weighted by molar-refractivity contribution is 7.89. The van der Waals surface area contributed by atoms with Crippen molar-refractivity contribution in [2.45, 2.75) is 156 Å². The summed E-state index contributed by atoms with van der Waals surface area (Å²) in [5, 5.41) is 8.56. The summed E-state index contributed by atoms with van der Waals surface area (Å²) in [4.78, 5) is 58.4. The van der Waals surface area contributed by atoms with Crippen LogP contribution in [0.15, 0.2) is 112 Å². The highest BCUT2D eigenvalue weighted by atomic mass is 32.2. The zero-order chi connectivity index (χ0) is 66.8. The Morgan fingerprint density at radius 2 is 0.692 bits per heavy atom. The third kappa shape index (κ3) is 18.9.